The number of ether oxygens (including phenoxy) is 1. The van der Waals surface area contributed by atoms with Gasteiger partial charge in [0.2, 0.25) is 0 Å². The molecule has 1 aromatic carbocycles. The average Bonchev–Trinajstić information content (AvgIpc) is 2.36. The van der Waals surface area contributed by atoms with E-state index in [0.717, 1.165) is 5.56 Å². The molecule has 0 aliphatic carbocycles. The Hall–Kier alpha value is -0.890. The van der Waals surface area contributed by atoms with Gasteiger partial charge in [-0.1, -0.05) is 12.1 Å². The van der Waals surface area contributed by atoms with Crippen molar-refractivity contribution in [3.05, 3.63) is 35.6 Å². The molecular weight excluding hydrogens is 348 g/mol. The SMILES string of the molecule is CN=C(NC)NCC(OC)c1ccc(F)cc1.I. The van der Waals surface area contributed by atoms with Crippen LogP contribution < -0.4 is 10.6 Å². The van der Waals surface area contributed by atoms with E-state index < -0.39 is 0 Å². The molecule has 0 fully saturated rings. The number of nitrogens with zero attached hydrogens (tertiary/aromatic N) is 1. The van der Waals surface area contributed by atoms with Crippen molar-refractivity contribution in [2.75, 3.05) is 27.7 Å². The Kier molecular flexibility index (Phi) is 8.65. The molecule has 0 aliphatic heterocycles. The minimum absolute atomic E-state index is 0. The Balaban J connectivity index is 0.00000289. The molecule has 18 heavy (non-hydrogen) atoms. The molecular formula is C12H19FIN3O. The van der Waals surface area contributed by atoms with Gasteiger partial charge in [0.05, 0.1) is 6.10 Å². The standard InChI is InChI=1S/C12H18FN3O.HI/c1-14-12(15-2)16-8-11(17-3)9-4-6-10(13)7-5-9;/h4-7,11H,8H2,1-3H3,(H2,14,15,16);1H. The maximum atomic E-state index is 12.8. The lowest BCUT2D eigenvalue weighted by atomic mass is 10.1. The summed E-state index contributed by atoms with van der Waals surface area (Å²) >= 11 is 0. The first-order chi connectivity index (χ1) is 8.21. The van der Waals surface area contributed by atoms with E-state index in [4.69, 9.17) is 4.74 Å². The first-order valence-corrected chi connectivity index (χ1v) is 5.38. The van der Waals surface area contributed by atoms with Crippen LogP contribution in [-0.4, -0.2) is 33.7 Å². The van der Waals surface area contributed by atoms with Crippen molar-refractivity contribution in [2.45, 2.75) is 6.10 Å². The molecule has 0 aliphatic rings. The zero-order valence-corrected chi connectivity index (χ0v) is 13.1. The number of hydrogen-bond donors (Lipinski definition) is 2. The summed E-state index contributed by atoms with van der Waals surface area (Å²) in [4.78, 5) is 4.00. The molecule has 6 heteroatoms. The molecule has 0 spiro atoms. The highest BCUT2D eigenvalue weighted by Crippen LogP contribution is 2.15. The van der Waals surface area contributed by atoms with Gasteiger partial charge in [-0.15, -0.1) is 24.0 Å². The second-order valence-electron chi connectivity index (χ2n) is 3.48. The monoisotopic (exact) mass is 367 g/mol. The Labute approximate surface area is 124 Å². The molecule has 1 unspecified atom stereocenters. The molecule has 2 N–H and O–H groups in total. The second-order valence-corrected chi connectivity index (χ2v) is 3.48. The van der Waals surface area contributed by atoms with Gasteiger partial charge in [-0.3, -0.25) is 4.99 Å². The first-order valence-electron chi connectivity index (χ1n) is 5.38. The van der Waals surface area contributed by atoms with Crippen LogP contribution >= 0.6 is 24.0 Å². The van der Waals surface area contributed by atoms with Gasteiger partial charge in [0.1, 0.15) is 5.82 Å². The summed E-state index contributed by atoms with van der Waals surface area (Å²) in [5.74, 6) is 0.441. The van der Waals surface area contributed by atoms with Crippen LogP contribution in [0.5, 0.6) is 0 Å². The molecule has 0 bridgehead atoms. The molecule has 1 aromatic rings. The summed E-state index contributed by atoms with van der Waals surface area (Å²) in [6.45, 7) is 0.565. The minimum Gasteiger partial charge on any atom is -0.375 e. The first kappa shape index (κ1) is 17.1. The lowest BCUT2D eigenvalue weighted by molar-refractivity contribution is 0.106. The summed E-state index contributed by atoms with van der Waals surface area (Å²) in [5.41, 5.74) is 0.924. The van der Waals surface area contributed by atoms with Crippen molar-refractivity contribution in [1.82, 2.24) is 10.6 Å². The predicted molar refractivity (Wildman–Crippen MR) is 82.0 cm³/mol. The highest BCUT2D eigenvalue weighted by Gasteiger charge is 2.10. The van der Waals surface area contributed by atoms with Crippen LogP contribution in [0, 0.1) is 5.82 Å². The summed E-state index contributed by atoms with van der Waals surface area (Å²) in [6, 6.07) is 6.28. The van der Waals surface area contributed by atoms with Gasteiger partial charge in [-0.05, 0) is 17.7 Å². The van der Waals surface area contributed by atoms with Gasteiger partial charge >= 0.3 is 0 Å². The minimum atomic E-state index is -0.248. The van der Waals surface area contributed by atoms with Crippen molar-refractivity contribution in [3.8, 4) is 0 Å². The number of aliphatic imine (C=N–C) groups is 1. The molecule has 0 saturated heterocycles. The third-order valence-electron chi connectivity index (χ3n) is 2.44. The molecule has 1 rings (SSSR count). The lowest BCUT2D eigenvalue weighted by Gasteiger charge is -2.17. The van der Waals surface area contributed by atoms with Gasteiger partial charge in [-0.2, -0.15) is 0 Å². The van der Waals surface area contributed by atoms with E-state index in [-0.39, 0.29) is 35.9 Å². The van der Waals surface area contributed by atoms with Gasteiger partial charge in [0.15, 0.2) is 5.96 Å². The smallest absolute Gasteiger partial charge is 0.190 e. The molecule has 4 nitrogen and oxygen atoms in total. The summed E-state index contributed by atoms with van der Waals surface area (Å²) in [7, 11) is 5.10. The quantitative estimate of drug-likeness (QED) is 0.486. The Morgan fingerprint density at radius 1 is 1.39 bits per heavy atom. The predicted octanol–water partition coefficient (Wildman–Crippen LogP) is 1.93. The fourth-order valence-electron chi connectivity index (χ4n) is 1.48. The van der Waals surface area contributed by atoms with Crippen molar-refractivity contribution in [3.63, 3.8) is 0 Å². The fourth-order valence-corrected chi connectivity index (χ4v) is 1.48. The van der Waals surface area contributed by atoms with Crippen LogP contribution in [0.2, 0.25) is 0 Å². The van der Waals surface area contributed by atoms with Gasteiger partial charge in [0.25, 0.3) is 0 Å². The highest BCUT2D eigenvalue weighted by atomic mass is 127. The number of hydrogen-bond acceptors (Lipinski definition) is 2. The van der Waals surface area contributed by atoms with E-state index >= 15 is 0 Å². The molecule has 0 aromatic heterocycles. The maximum Gasteiger partial charge on any atom is 0.190 e. The number of halogens is 2. The molecule has 1 atom stereocenters. The van der Waals surface area contributed by atoms with Crippen LogP contribution in [0.3, 0.4) is 0 Å². The third-order valence-corrected chi connectivity index (χ3v) is 2.44. The van der Waals surface area contributed by atoms with Gasteiger partial charge in [0, 0.05) is 27.7 Å². The average molecular weight is 367 g/mol. The van der Waals surface area contributed by atoms with E-state index in [1.807, 2.05) is 0 Å². The van der Waals surface area contributed by atoms with Crippen molar-refractivity contribution >= 4 is 29.9 Å². The van der Waals surface area contributed by atoms with E-state index in [1.54, 1.807) is 33.3 Å². The van der Waals surface area contributed by atoms with Crippen LogP contribution in [0.4, 0.5) is 4.39 Å². The van der Waals surface area contributed by atoms with Crippen LogP contribution in [-0.2, 0) is 4.74 Å². The van der Waals surface area contributed by atoms with Crippen molar-refractivity contribution in [2.24, 2.45) is 4.99 Å². The molecule has 102 valence electrons. The normalized spacial score (nSPS) is 12.6. The topological polar surface area (TPSA) is 45.7 Å². The number of rotatable bonds is 4. The number of guanidine groups is 1. The van der Waals surface area contributed by atoms with E-state index in [0.29, 0.717) is 12.5 Å². The van der Waals surface area contributed by atoms with E-state index in [1.165, 1.54) is 12.1 Å². The number of benzene rings is 1. The molecule has 0 saturated carbocycles. The zero-order chi connectivity index (χ0) is 12.7. The second kappa shape index (κ2) is 9.09. The highest BCUT2D eigenvalue weighted by molar-refractivity contribution is 14.0. The van der Waals surface area contributed by atoms with Crippen LogP contribution in [0.15, 0.2) is 29.3 Å². The Bertz CT molecular complexity index is 370. The summed E-state index contributed by atoms with van der Waals surface area (Å²) in [5, 5.41) is 6.02. The van der Waals surface area contributed by atoms with Crippen molar-refractivity contribution < 1.29 is 9.13 Å². The third kappa shape index (κ3) is 5.18. The molecule has 0 radical (unpaired) electrons. The fraction of sp³-hybridized carbons (Fsp3) is 0.417. The molecule has 0 amide bonds. The maximum absolute atomic E-state index is 12.8. The van der Waals surface area contributed by atoms with Gasteiger partial charge in [-0.25, -0.2) is 4.39 Å². The Morgan fingerprint density at radius 2 is 2.00 bits per heavy atom. The van der Waals surface area contributed by atoms with Crippen LogP contribution in [0.25, 0.3) is 0 Å². The summed E-state index contributed by atoms with van der Waals surface area (Å²) < 4.78 is 18.1. The number of nitrogens with one attached hydrogen (secondary N) is 2. The largest absolute Gasteiger partial charge is 0.375 e. The van der Waals surface area contributed by atoms with Crippen LogP contribution in [0.1, 0.15) is 11.7 Å². The van der Waals surface area contributed by atoms with Crippen molar-refractivity contribution in [1.29, 1.82) is 0 Å². The lowest BCUT2D eigenvalue weighted by Crippen LogP contribution is -2.37. The summed E-state index contributed by atoms with van der Waals surface area (Å²) in [6.07, 6.45) is -0.138. The van der Waals surface area contributed by atoms with E-state index in [2.05, 4.69) is 15.6 Å². The number of methoxy groups -OCH3 is 1. The zero-order valence-electron chi connectivity index (χ0n) is 10.7. The van der Waals surface area contributed by atoms with E-state index in [9.17, 15) is 4.39 Å². The van der Waals surface area contributed by atoms with Gasteiger partial charge < -0.3 is 15.4 Å². The molecule has 0 heterocycles. The Morgan fingerprint density at radius 3 is 2.44 bits per heavy atom.